The zero-order valence-electron chi connectivity index (χ0n) is 17.8. The molecule has 1 unspecified atom stereocenters. The molecule has 1 atom stereocenters. The van der Waals surface area contributed by atoms with Crippen LogP contribution < -0.4 is 9.47 Å². The van der Waals surface area contributed by atoms with E-state index in [4.69, 9.17) is 14.5 Å². The minimum atomic E-state index is 0.221. The van der Waals surface area contributed by atoms with Crippen LogP contribution in [-0.2, 0) is 0 Å². The quantitative estimate of drug-likeness (QED) is 0.447. The Bertz CT molecular complexity index is 1010. The summed E-state index contributed by atoms with van der Waals surface area (Å²) in [7, 11) is 1.68. The molecule has 3 nitrogen and oxygen atoms in total. The molecule has 1 aliphatic rings. The number of ether oxygens (including phenoxy) is 2. The van der Waals surface area contributed by atoms with E-state index in [1.54, 1.807) is 7.11 Å². The smallest absolute Gasteiger partial charge is 0.162 e. The van der Waals surface area contributed by atoms with Gasteiger partial charge >= 0.3 is 0 Å². The molecule has 1 saturated carbocycles. The van der Waals surface area contributed by atoms with Gasteiger partial charge in [0.1, 0.15) is 0 Å². The second kappa shape index (κ2) is 9.17. The van der Waals surface area contributed by atoms with E-state index in [0.717, 1.165) is 41.2 Å². The zero-order valence-corrected chi connectivity index (χ0v) is 17.8. The summed E-state index contributed by atoms with van der Waals surface area (Å²) in [6.45, 7) is 6.62. The molecule has 154 valence electrons. The van der Waals surface area contributed by atoms with Crippen LogP contribution in [0.3, 0.4) is 0 Å². The summed E-state index contributed by atoms with van der Waals surface area (Å²) >= 11 is 0. The lowest BCUT2D eigenvalue weighted by atomic mass is 9.88. The molecular weight excluding hydrogens is 370 g/mol. The maximum absolute atomic E-state index is 6.28. The number of aromatic nitrogens is 1. The Kier molecular flexibility index (Phi) is 6.18. The number of pyridine rings is 1. The number of rotatable bonds is 7. The average molecular weight is 400 g/mol. The van der Waals surface area contributed by atoms with E-state index in [1.807, 2.05) is 36.5 Å². The summed E-state index contributed by atoms with van der Waals surface area (Å²) in [5.41, 5.74) is 5.25. The molecule has 0 spiro atoms. The van der Waals surface area contributed by atoms with Crippen LogP contribution in [0, 0.1) is 0 Å². The predicted octanol–water partition coefficient (Wildman–Crippen LogP) is 6.62. The molecule has 0 amide bonds. The van der Waals surface area contributed by atoms with E-state index >= 15 is 0 Å². The second-order valence-electron chi connectivity index (χ2n) is 7.94. The number of benzene rings is 2. The summed E-state index contributed by atoms with van der Waals surface area (Å²) < 4.78 is 11.8. The van der Waals surface area contributed by atoms with Crippen LogP contribution in [0.1, 0.15) is 60.9 Å². The third kappa shape index (κ3) is 4.25. The third-order valence-electron chi connectivity index (χ3n) is 6.00. The van der Waals surface area contributed by atoms with Gasteiger partial charge in [0.05, 0.1) is 18.9 Å². The fourth-order valence-electron chi connectivity index (χ4n) is 4.22. The molecule has 1 aromatic heterocycles. The highest BCUT2D eigenvalue weighted by Crippen LogP contribution is 2.37. The monoisotopic (exact) mass is 399 g/mol. The van der Waals surface area contributed by atoms with Crippen molar-refractivity contribution in [2.24, 2.45) is 0 Å². The van der Waals surface area contributed by atoms with E-state index < -0.39 is 0 Å². The molecule has 0 radical (unpaired) electrons. The first-order chi connectivity index (χ1) is 14.7. The van der Waals surface area contributed by atoms with Gasteiger partial charge in [-0.25, -0.2) is 0 Å². The van der Waals surface area contributed by atoms with Gasteiger partial charge in [-0.15, -0.1) is 0 Å². The summed E-state index contributed by atoms with van der Waals surface area (Å²) in [4.78, 5) is 4.71. The first-order valence-electron chi connectivity index (χ1n) is 10.7. The van der Waals surface area contributed by atoms with Crippen LogP contribution in [0.4, 0.5) is 0 Å². The maximum Gasteiger partial charge on any atom is 0.162 e. The van der Waals surface area contributed by atoms with Gasteiger partial charge in [-0.1, -0.05) is 56.0 Å². The molecule has 1 fully saturated rings. The standard InChI is InChI=1S/C27H29NO2/c1-19(21-10-5-4-6-11-21)24-14-9-17-28-27(24)20(2)22-15-16-25(29-3)26(18-22)30-23-12-7-8-13-23/h4-6,9-11,14-19,23H,2,7-8,12-13H2,1,3H3. The summed E-state index contributed by atoms with van der Waals surface area (Å²) in [5, 5.41) is 0. The Morgan fingerprint density at radius 1 is 1.00 bits per heavy atom. The van der Waals surface area contributed by atoms with Crippen LogP contribution in [0.15, 0.2) is 73.4 Å². The summed E-state index contributed by atoms with van der Waals surface area (Å²) in [5.74, 6) is 1.77. The first kappa shape index (κ1) is 20.2. The fraction of sp³-hybridized carbons (Fsp3) is 0.296. The highest BCUT2D eigenvalue weighted by Gasteiger charge is 2.20. The SMILES string of the molecule is C=C(c1ccc(OC)c(OC2CCCC2)c1)c1ncccc1C(C)c1ccccc1. The van der Waals surface area contributed by atoms with Crippen LogP contribution in [0.25, 0.3) is 5.57 Å². The largest absolute Gasteiger partial charge is 0.493 e. The molecule has 3 heteroatoms. The predicted molar refractivity (Wildman–Crippen MR) is 122 cm³/mol. The molecule has 1 aliphatic carbocycles. The molecule has 1 heterocycles. The molecule has 0 aliphatic heterocycles. The molecule has 30 heavy (non-hydrogen) atoms. The Labute approximate surface area is 179 Å². The van der Waals surface area contributed by atoms with Crippen LogP contribution in [0.2, 0.25) is 0 Å². The molecule has 0 saturated heterocycles. The Balaban J connectivity index is 1.66. The number of nitrogens with zero attached hydrogens (tertiary/aromatic N) is 1. The lowest BCUT2D eigenvalue weighted by molar-refractivity contribution is 0.201. The third-order valence-corrected chi connectivity index (χ3v) is 6.00. The highest BCUT2D eigenvalue weighted by atomic mass is 16.5. The molecule has 0 bridgehead atoms. The molecule has 0 N–H and O–H groups in total. The van der Waals surface area contributed by atoms with Crippen molar-refractivity contribution in [2.45, 2.75) is 44.6 Å². The van der Waals surface area contributed by atoms with Gasteiger partial charge in [-0.05, 0) is 60.6 Å². The number of hydrogen-bond donors (Lipinski definition) is 0. The van der Waals surface area contributed by atoms with Crippen LogP contribution in [0.5, 0.6) is 11.5 Å². The van der Waals surface area contributed by atoms with Gasteiger partial charge < -0.3 is 9.47 Å². The van der Waals surface area contributed by atoms with E-state index in [0.29, 0.717) is 0 Å². The van der Waals surface area contributed by atoms with Crippen molar-refractivity contribution in [3.8, 4) is 11.5 Å². The van der Waals surface area contributed by atoms with Crippen molar-refractivity contribution in [2.75, 3.05) is 7.11 Å². The van der Waals surface area contributed by atoms with Gasteiger partial charge in [-0.2, -0.15) is 0 Å². The van der Waals surface area contributed by atoms with Crippen molar-refractivity contribution in [1.29, 1.82) is 0 Å². The molecule has 4 rings (SSSR count). The van der Waals surface area contributed by atoms with Crippen molar-refractivity contribution in [3.05, 3.63) is 95.8 Å². The maximum atomic E-state index is 6.28. The lowest BCUT2D eigenvalue weighted by Crippen LogP contribution is -2.12. The Hall–Kier alpha value is -3.07. The van der Waals surface area contributed by atoms with Crippen molar-refractivity contribution in [3.63, 3.8) is 0 Å². The van der Waals surface area contributed by atoms with Crippen molar-refractivity contribution >= 4 is 5.57 Å². The van der Waals surface area contributed by atoms with E-state index in [9.17, 15) is 0 Å². The average Bonchev–Trinajstić information content (AvgIpc) is 3.32. The molecule has 3 aromatic rings. The molecular formula is C27H29NO2. The number of hydrogen-bond acceptors (Lipinski definition) is 3. The number of methoxy groups -OCH3 is 1. The van der Waals surface area contributed by atoms with E-state index in [1.165, 1.54) is 24.0 Å². The van der Waals surface area contributed by atoms with Gasteiger partial charge in [0, 0.05) is 17.7 Å². The van der Waals surface area contributed by atoms with E-state index in [2.05, 4.69) is 43.8 Å². The van der Waals surface area contributed by atoms with Gasteiger partial charge in [-0.3, -0.25) is 4.98 Å². The second-order valence-corrected chi connectivity index (χ2v) is 7.94. The minimum Gasteiger partial charge on any atom is -0.493 e. The van der Waals surface area contributed by atoms with Crippen LogP contribution >= 0.6 is 0 Å². The molecule has 2 aromatic carbocycles. The van der Waals surface area contributed by atoms with Crippen molar-refractivity contribution < 1.29 is 9.47 Å². The summed E-state index contributed by atoms with van der Waals surface area (Å²) in [6, 6.07) is 20.7. The van der Waals surface area contributed by atoms with Gasteiger partial charge in [0.15, 0.2) is 11.5 Å². The minimum absolute atomic E-state index is 0.221. The highest BCUT2D eigenvalue weighted by molar-refractivity contribution is 5.79. The fourth-order valence-corrected chi connectivity index (χ4v) is 4.22. The summed E-state index contributed by atoms with van der Waals surface area (Å²) in [6.07, 6.45) is 6.77. The normalized spacial score (nSPS) is 15.0. The van der Waals surface area contributed by atoms with E-state index in [-0.39, 0.29) is 12.0 Å². The van der Waals surface area contributed by atoms with Gasteiger partial charge in [0.2, 0.25) is 0 Å². The lowest BCUT2D eigenvalue weighted by Gasteiger charge is -2.19. The van der Waals surface area contributed by atoms with Crippen molar-refractivity contribution in [1.82, 2.24) is 4.98 Å². The first-order valence-corrected chi connectivity index (χ1v) is 10.7. The Morgan fingerprint density at radius 2 is 1.77 bits per heavy atom. The zero-order chi connectivity index (χ0) is 20.9. The van der Waals surface area contributed by atoms with Crippen LogP contribution in [-0.4, -0.2) is 18.2 Å². The Morgan fingerprint density at radius 3 is 2.50 bits per heavy atom. The topological polar surface area (TPSA) is 31.4 Å². The van der Waals surface area contributed by atoms with Gasteiger partial charge in [0.25, 0.3) is 0 Å².